The van der Waals surface area contributed by atoms with E-state index in [0.717, 1.165) is 89.9 Å². The Labute approximate surface area is 251 Å². The van der Waals surface area contributed by atoms with E-state index in [2.05, 4.69) is 52.0 Å². The number of hydrogen-bond acceptors (Lipinski definition) is 7. The van der Waals surface area contributed by atoms with Crippen molar-refractivity contribution < 1.29 is 34.0 Å². The zero-order valence-corrected chi connectivity index (χ0v) is 26.7. The molecule has 41 heavy (non-hydrogen) atoms. The number of hydrogen-bond donors (Lipinski definition) is 2. The topological polar surface area (TPSA) is 102 Å². The predicted octanol–water partition coefficient (Wildman–Crippen LogP) is 8.17. The van der Waals surface area contributed by atoms with Gasteiger partial charge in [-0.1, -0.05) is 103 Å². The van der Waals surface area contributed by atoms with Crippen molar-refractivity contribution in [2.24, 2.45) is 11.8 Å². The maximum Gasteiger partial charge on any atom is 0.308 e. The van der Waals surface area contributed by atoms with Gasteiger partial charge in [-0.3, -0.25) is 9.59 Å². The van der Waals surface area contributed by atoms with Gasteiger partial charge in [0.15, 0.2) is 13.6 Å². The molecule has 0 amide bonds. The predicted molar refractivity (Wildman–Crippen MR) is 166 cm³/mol. The lowest BCUT2D eigenvalue weighted by molar-refractivity contribution is -0.177. The Morgan fingerprint density at radius 3 is 1.34 bits per heavy atom. The molecule has 0 saturated heterocycles. The normalized spacial score (nSPS) is 14.8. The van der Waals surface area contributed by atoms with Crippen LogP contribution in [0.1, 0.15) is 143 Å². The Bertz CT molecular complexity index is 620. The van der Waals surface area contributed by atoms with E-state index in [9.17, 15) is 19.8 Å². The second kappa shape index (κ2) is 28.4. The van der Waals surface area contributed by atoms with Crippen LogP contribution in [0.2, 0.25) is 0 Å². The van der Waals surface area contributed by atoms with Crippen LogP contribution in [0.5, 0.6) is 0 Å². The van der Waals surface area contributed by atoms with Crippen molar-refractivity contribution in [3.8, 4) is 0 Å². The third-order valence-corrected chi connectivity index (χ3v) is 7.25. The van der Waals surface area contributed by atoms with Crippen LogP contribution < -0.4 is 0 Å². The SMILES string of the molecule is CCCCC=CC(CCC(O)CCCC)CC(=O)OCOCOC(=O)CC(C=CCCCC)CCC(O)CCCC. The number of unbranched alkanes of at least 4 members (excludes halogenated alkanes) is 6. The van der Waals surface area contributed by atoms with Crippen molar-refractivity contribution >= 4 is 11.9 Å². The number of carbonyl (C=O) groups is 2. The zero-order chi connectivity index (χ0) is 30.6. The van der Waals surface area contributed by atoms with Crippen molar-refractivity contribution in [1.29, 1.82) is 0 Å². The van der Waals surface area contributed by atoms with Gasteiger partial charge in [0.05, 0.1) is 25.0 Å². The van der Waals surface area contributed by atoms with Crippen LogP contribution >= 0.6 is 0 Å². The molecule has 0 spiro atoms. The fourth-order valence-corrected chi connectivity index (χ4v) is 4.53. The number of carbonyl (C=O) groups excluding carboxylic acids is 2. The summed E-state index contributed by atoms with van der Waals surface area (Å²) in [5, 5.41) is 20.4. The molecule has 0 aliphatic carbocycles. The molecule has 0 aromatic carbocycles. The first-order valence-corrected chi connectivity index (χ1v) is 16.4. The molecule has 2 N–H and O–H groups in total. The van der Waals surface area contributed by atoms with Crippen LogP contribution in [0.25, 0.3) is 0 Å². The van der Waals surface area contributed by atoms with E-state index in [1.165, 1.54) is 0 Å². The largest absolute Gasteiger partial charge is 0.438 e. The van der Waals surface area contributed by atoms with Crippen LogP contribution in [-0.4, -0.2) is 47.9 Å². The minimum absolute atomic E-state index is 0.0104. The van der Waals surface area contributed by atoms with Gasteiger partial charge in [-0.2, -0.15) is 0 Å². The fourth-order valence-electron chi connectivity index (χ4n) is 4.53. The molecular weight excluding hydrogens is 520 g/mol. The molecule has 0 bridgehead atoms. The molecule has 0 aliphatic heterocycles. The smallest absolute Gasteiger partial charge is 0.308 e. The summed E-state index contributed by atoms with van der Waals surface area (Å²) in [5.41, 5.74) is 0. The molecular formula is C34H62O7. The Hall–Kier alpha value is -1.70. The monoisotopic (exact) mass is 582 g/mol. The molecule has 7 nitrogen and oxygen atoms in total. The fraction of sp³-hybridized carbons (Fsp3) is 0.824. The second-order valence-corrected chi connectivity index (χ2v) is 11.3. The minimum atomic E-state index is -0.372. The van der Waals surface area contributed by atoms with Crippen molar-refractivity contribution in [3.05, 3.63) is 24.3 Å². The van der Waals surface area contributed by atoms with E-state index in [1.54, 1.807) is 0 Å². The highest BCUT2D eigenvalue weighted by molar-refractivity contribution is 5.70. The summed E-state index contributed by atoms with van der Waals surface area (Å²) in [6, 6.07) is 0. The van der Waals surface area contributed by atoms with Crippen LogP contribution in [0.15, 0.2) is 24.3 Å². The highest BCUT2D eigenvalue weighted by Gasteiger charge is 2.16. The third-order valence-electron chi connectivity index (χ3n) is 7.25. The Morgan fingerprint density at radius 2 is 0.976 bits per heavy atom. The summed E-state index contributed by atoms with van der Waals surface area (Å²) in [6.45, 7) is 7.96. The summed E-state index contributed by atoms with van der Waals surface area (Å²) in [5.74, 6) is -0.723. The number of aliphatic hydroxyl groups is 2. The number of esters is 2. The zero-order valence-electron chi connectivity index (χ0n) is 26.7. The van der Waals surface area contributed by atoms with E-state index in [1.807, 2.05) is 0 Å². The van der Waals surface area contributed by atoms with Gasteiger partial charge in [-0.25, -0.2) is 0 Å². The van der Waals surface area contributed by atoms with Gasteiger partial charge in [0.2, 0.25) is 0 Å². The van der Waals surface area contributed by atoms with Gasteiger partial charge in [-0.15, -0.1) is 0 Å². The lowest BCUT2D eigenvalue weighted by Crippen LogP contribution is -2.17. The highest BCUT2D eigenvalue weighted by atomic mass is 16.8. The summed E-state index contributed by atoms with van der Waals surface area (Å²) in [6.07, 6.45) is 23.0. The first-order valence-electron chi connectivity index (χ1n) is 16.4. The number of ether oxygens (including phenoxy) is 3. The van der Waals surface area contributed by atoms with E-state index >= 15 is 0 Å². The highest BCUT2D eigenvalue weighted by Crippen LogP contribution is 2.20. The molecule has 4 unspecified atom stereocenters. The molecule has 0 radical (unpaired) electrons. The molecule has 4 atom stereocenters. The van der Waals surface area contributed by atoms with E-state index in [4.69, 9.17) is 14.2 Å². The average molecular weight is 583 g/mol. The van der Waals surface area contributed by atoms with Gasteiger partial charge in [-0.05, 0) is 63.2 Å². The van der Waals surface area contributed by atoms with Crippen LogP contribution in [0.4, 0.5) is 0 Å². The molecule has 240 valence electrons. The number of allylic oxidation sites excluding steroid dienone is 4. The van der Waals surface area contributed by atoms with Gasteiger partial charge in [0.1, 0.15) is 0 Å². The van der Waals surface area contributed by atoms with Crippen molar-refractivity contribution in [2.75, 3.05) is 13.6 Å². The first-order chi connectivity index (χ1) is 19.9. The summed E-state index contributed by atoms with van der Waals surface area (Å²) >= 11 is 0. The number of aliphatic hydroxyl groups excluding tert-OH is 2. The molecule has 0 aliphatic rings. The van der Waals surface area contributed by atoms with Crippen LogP contribution in [0, 0.1) is 11.8 Å². The van der Waals surface area contributed by atoms with Gasteiger partial charge >= 0.3 is 11.9 Å². The molecule has 7 heteroatoms. The minimum Gasteiger partial charge on any atom is -0.438 e. The van der Waals surface area contributed by atoms with E-state index in [-0.39, 0.29) is 62.4 Å². The first kappa shape index (κ1) is 39.3. The molecule has 0 rings (SSSR count). The van der Waals surface area contributed by atoms with Crippen molar-refractivity contribution in [1.82, 2.24) is 0 Å². The van der Waals surface area contributed by atoms with Crippen molar-refractivity contribution in [3.63, 3.8) is 0 Å². The molecule has 0 fully saturated rings. The van der Waals surface area contributed by atoms with E-state index in [0.29, 0.717) is 12.8 Å². The van der Waals surface area contributed by atoms with Crippen LogP contribution in [0.3, 0.4) is 0 Å². The molecule has 0 heterocycles. The Morgan fingerprint density at radius 1 is 0.585 bits per heavy atom. The maximum absolute atomic E-state index is 12.4. The molecule has 0 aromatic heterocycles. The molecule has 0 aromatic rings. The standard InChI is InChI=1S/C34H62O7/c1-5-9-13-15-17-29(21-23-31(35)19-11-7-3)25-33(37)40-27-39-28-41-34(38)26-30(18-16-14-10-6-2)22-24-32(36)20-12-8-4/h15-18,29-32,35-36H,5-14,19-28H2,1-4H3. The molecule has 0 saturated carbocycles. The van der Waals surface area contributed by atoms with Gasteiger partial charge in [0.25, 0.3) is 0 Å². The quantitative estimate of drug-likeness (QED) is 0.0415. The van der Waals surface area contributed by atoms with Crippen molar-refractivity contribution in [2.45, 2.75) is 155 Å². The Balaban J connectivity index is 4.51. The summed E-state index contributed by atoms with van der Waals surface area (Å²) < 4.78 is 15.7. The lowest BCUT2D eigenvalue weighted by Gasteiger charge is -2.16. The van der Waals surface area contributed by atoms with Gasteiger partial charge < -0.3 is 24.4 Å². The Kier molecular flexibility index (Phi) is 27.2. The lowest BCUT2D eigenvalue weighted by atomic mass is 9.95. The van der Waals surface area contributed by atoms with E-state index < -0.39 is 0 Å². The summed E-state index contributed by atoms with van der Waals surface area (Å²) in [4.78, 5) is 24.8. The second-order valence-electron chi connectivity index (χ2n) is 11.3. The third kappa shape index (κ3) is 25.7. The number of rotatable bonds is 28. The van der Waals surface area contributed by atoms with Crippen LogP contribution in [-0.2, 0) is 23.8 Å². The summed E-state index contributed by atoms with van der Waals surface area (Å²) in [7, 11) is 0. The maximum atomic E-state index is 12.4. The van der Waals surface area contributed by atoms with Gasteiger partial charge in [0, 0.05) is 0 Å². The average Bonchev–Trinajstić information content (AvgIpc) is 2.96.